The second kappa shape index (κ2) is 6.93. The van der Waals surface area contributed by atoms with E-state index in [9.17, 15) is 4.79 Å². The van der Waals surface area contributed by atoms with E-state index in [0.29, 0.717) is 13.2 Å². The molecule has 0 fully saturated rings. The van der Waals surface area contributed by atoms with Crippen molar-refractivity contribution in [1.82, 2.24) is 0 Å². The van der Waals surface area contributed by atoms with Gasteiger partial charge in [-0.05, 0) is 31.0 Å². The van der Waals surface area contributed by atoms with Crippen molar-refractivity contribution in [2.75, 3.05) is 13.2 Å². The van der Waals surface area contributed by atoms with Crippen molar-refractivity contribution in [2.24, 2.45) is 4.99 Å². The van der Waals surface area contributed by atoms with Crippen LogP contribution in [0.3, 0.4) is 0 Å². The Morgan fingerprint density at radius 2 is 2.25 bits per heavy atom. The maximum absolute atomic E-state index is 11.8. The Morgan fingerprint density at radius 3 is 3.00 bits per heavy atom. The zero-order valence-electron chi connectivity index (χ0n) is 11.7. The van der Waals surface area contributed by atoms with Gasteiger partial charge in [-0.15, -0.1) is 0 Å². The Kier molecular flexibility index (Phi) is 4.98. The Hall–Kier alpha value is -2.04. The second-order valence-electron chi connectivity index (χ2n) is 4.43. The van der Waals surface area contributed by atoms with E-state index in [0.717, 1.165) is 17.7 Å². The van der Waals surface area contributed by atoms with E-state index in [4.69, 9.17) is 14.2 Å². The lowest BCUT2D eigenvalue weighted by molar-refractivity contribution is -0.146. The van der Waals surface area contributed by atoms with Gasteiger partial charge in [0.25, 0.3) is 0 Å². The molecule has 0 N–H and O–H groups in total. The molecule has 0 radical (unpaired) electrons. The van der Waals surface area contributed by atoms with Crippen molar-refractivity contribution in [3.8, 4) is 5.75 Å². The highest BCUT2D eigenvalue weighted by Gasteiger charge is 2.35. The minimum atomic E-state index is -0.642. The number of hydrogen-bond donors (Lipinski definition) is 0. The average Bonchev–Trinajstić information content (AvgIpc) is 2.95. The number of aliphatic imine (C=N–C) groups is 1. The zero-order chi connectivity index (χ0) is 14.4. The van der Waals surface area contributed by atoms with Gasteiger partial charge >= 0.3 is 5.97 Å². The molecule has 0 bridgehead atoms. The van der Waals surface area contributed by atoms with Gasteiger partial charge in [0.2, 0.25) is 0 Å². The molecule has 0 saturated heterocycles. The fourth-order valence-corrected chi connectivity index (χ4v) is 1.99. The molecule has 2 atom stereocenters. The fraction of sp³-hybridized carbons (Fsp3) is 0.467. The summed E-state index contributed by atoms with van der Waals surface area (Å²) in [6.45, 7) is 4.81. The van der Waals surface area contributed by atoms with Crippen molar-refractivity contribution in [3.63, 3.8) is 0 Å². The topological polar surface area (TPSA) is 57.1 Å². The molecule has 0 amide bonds. The molecule has 0 spiro atoms. The number of nitrogens with zero attached hydrogens (tertiary/aromatic N) is 1. The Bertz CT molecular complexity index is 487. The zero-order valence-corrected chi connectivity index (χ0v) is 11.7. The maximum Gasteiger partial charge on any atom is 0.335 e. The molecule has 0 aliphatic carbocycles. The summed E-state index contributed by atoms with van der Waals surface area (Å²) in [5.41, 5.74) is 0.856. The third kappa shape index (κ3) is 3.29. The maximum atomic E-state index is 11.8. The van der Waals surface area contributed by atoms with Crippen LogP contribution in [0.4, 0.5) is 0 Å². The van der Waals surface area contributed by atoms with Crippen molar-refractivity contribution in [3.05, 3.63) is 29.8 Å². The van der Waals surface area contributed by atoms with Crippen molar-refractivity contribution >= 4 is 12.4 Å². The summed E-state index contributed by atoms with van der Waals surface area (Å²) >= 11 is 0. The number of carbonyl (C=O) groups is 1. The first-order valence-corrected chi connectivity index (χ1v) is 6.82. The Balaban J connectivity index is 2.12. The summed E-state index contributed by atoms with van der Waals surface area (Å²) in [5.74, 6) is 0.397. The van der Waals surface area contributed by atoms with E-state index in [1.807, 2.05) is 24.3 Å². The van der Waals surface area contributed by atoms with Crippen LogP contribution in [0.5, 0.6) is 5.75 Å². The van der Waals surface area contributed by atoms with Crippen molar-refractivity contribution in [1.29, 1.82) is 0 Å². The van der Waals surface area contributed by atoms with Gasteiger partial charge in [-0.3, -0.25) is 0 Å². The lowest BCUT2D eigenvalue weighted by atomic mass is 10.0. The quantitative estimate of drug-likeness (QED) is 0.750. The lowest BCUT2D eigenvalue weighted by Gasteiger charge is -2.17. The Morgan fingerprint density at radius 1 is 1.40 bits per heavy atom. The van der Waals surface area contributed by atoms with Crippen LogP contribution in [0.15, 0.2) is 29.3 Å². The van der Waals surface area contributed by atoms with Gasteiger partial charge < -0.3 is 14.2 Å². The van der Waals surface area contributed by atoms with Crippen LogP contribution >= 0.6 is 0 Å². The van der Waals surface area contributed by atoms with Crippen molar-refractivity contribution < 1.29 is 19.0 Å². The van der Waals surface area contributed by atoms with Crippen LogP contribution in [-0.2, 0) is 14.3 Å². The fourth-order valence-electron chi connectivity index (χ4n) is 1.99. The largest absolute Gasteiger partial charge is 0.494 e. The molecule has 1 aliphatic heterocycles. The summed E-state index contributed by atoms with van der Waals surface area (Å²) in [7, 11) is 0. The molecule has 5 nitrogen and oxygen atoms in total. The summed E-state index contributed by atoms with van der Waals surface area (Å²) in [6, 6.07) is 6.89. The first-order valence-electron chi connectivity index (χ1n) is 6.82. The van der Waals surface area contributed by atoms with E-state index in [1.54, 1.807) is 6.92 Å². The van der Waals surface area contributed by atoms with Crippen LogP contribution in [-0.4, -0.2) is 31.6 Å². The van der Waals surface area contributed by atoms with Gasteiger partial charge in [-0.25, -0.2) is 9.79 Å². The number of benzene rings is 1. The number of ether oxygens (including phenoxy) is 3. The summed E-state index contributed by atoms with van der Waals surface area (Å²) in [5, 5.41) is 0. The molecule has 2 rings (SSSR count). The van der Waals surface area contributed by atoms with Crippen LogP contribution in [0.25, 0.3) is 0 Å². The van der Waals surface area contributed by atoms with Crippen LogP contribution < -0.4 is 4.74 Å². The van der Waals surface area contributed by atoms with E-state index in [2.05, 4.69) is 11.9 Å². The first-order chi connectivity index (χ1) is 9.76. The number of rotatable bonds is 6. The Labute approximate surface area is 118 Å². The molecule has 2 unspecified atom stereocenters. The molecule has 0 saturated carbocycles. The highest BCUT2D eigenvalue weighted by atomic mass is 16.5. The smallest absolute Gasteiger partial charge is 0.335 e. The van der Waals surface area contributed by atoms with Gasteiger partial charge in [-0.2, -0.15) is 0 Å². The van der Waals surface area contributed by atoms with Crippen LogP contribution in [0.2, 0.25) is 0 Å². The van der Waals surface area contributed by atoms with Gasteiger partial charge in [0.15, 0.2) is 18.5 Å². The van der Waals surface area contributed by atoms with E-state index >= 15 is 0 Å². The average molecular weight is 277 g/mol. The molecule has 5 heteroatoms. The molecule has 0 aromatic heterocycles. The molecule has 108 valence electrons. The number of hydrogen-bond acceptors (Lipinski definition) is 5. The normalized spacial score (nSPS) is 20.5. The summed E-state index contributed by atoms with van der Waals surface area (Å²) in [4.78, 5) is 15.9. The molecular formula is C15H19NO4. The van der Waals surface area contributed by atoms with Gasteiger partial charge in [0, 0.05) is 0 Å². The first kappa shape index (κ1) is 14.4. The van der Waals surface area contributed by atoms with E-state index < -0.39 is 12.1 Å². The second-order valence-corrected chi connectivity index (χ2v) is 4.43. The molecule has 1 aromatic rings. The standard InChI is InChI=1S/C15H19NO4/c1-3-8-19-12-7-5-6-11(9-12)14-13(16-10-20-14)15(17)18-4-2/h5-7,9-10,13-14H,3-4,8H2,1-2H3. The molecule has 20 heavy (non-hydrogen) atoms. The van der Waals surface area contributed by atoms with Crippen LogP contribution in [0.1, 0.15) is 31.9 Å². The summed E-state index contributed by atoms with van der Waals surface area (Å²) < 4.78 is 16.0. The third-order valence-corrected chi connectivity index (χ3v) is 2.90. The summed E-state index contributed by atoms with van der Waals surface area (Å²) in [6.07, 6.45) is 1.81. The van der Waals surface area contributed by atoms with E-state index in [-0.39, 0.29) is 5.97 Å². The third-order valence-electron chi connectivity index (χ3n) is 2.90. The highest BCUT2D eigenvalue weighted by Crippen LogP contribution is 2.30. The van der Waals surface area contributed by atoms with Crippen LogP contribution in [0, 0.1) is 0 Å². The van der Waals surface area contributed by atoms with Gasteiger partial charge in [0.05, 0.1) is 13.2 Å². The molecule has 1 heterocycles. The van der Waals surface area contributed by atoms with Gasteiger partial charge in [-0.1, -0.05) is 19.1 Å². The molecule has 1 aromatic carbocycles. The number of esters is 1. The minimum absolute atomic E-state index is 0.331. The predicted octanol–water partition coefficient (Wildman–Crippen LogP) is 2.51. The lowest BCUT2D eigenvalue weighted by Crippen LogP contribution is -2.26. The molecule has 1 aliphatic rings. The SMILES string of the molecule is CCCOc1cccc(C2OC=NC2C(=O)OCC)c1. The highest BCUT2D eigenvalue weighted by molar-refractivity contribution is 5.80. The van der Waals surface area contributed by atoms with Crippen molar-refractivity contribution in [2.45, 2.75) is 32.4 Å². The monoisotopic (exact) mass is 277 g/mol. The molecular weight excluding hydrogens is 258 g/mol. The van der Waals surface area contributed by atoms with Gasteiger partial charge in [0.1, 0.15) is 5.75 Å². The predicted molar refractivity (Wildman–Crippen MR) is 75.0 cm³/mol. The minimum Gasteiger partial charge on any atom is -0.494 e. The number of carbonyl (C=O) groups excluding carboxylic acids is 1. The van der Waals surface area contributed by atoms with E-state index in [1.165, 1.54) is 6.40 Å².